The van der Waals surface area contributed by atoms with Gasteiger partial charge in [0.15, 0.2) is 0 Å². The zero-order chi connectivity index (χ0) is 10.1. The van der Waals surface area contributed by atoms with Gasteiger partial charge in [0.1, 0.15) is 20.8 Å². The van der Waals surface area contributed by atoms with E-state index in [9.17, 15) is 4.79 Å². The summed E-state index contributed by atoms with van der Waals surface area (Å²) in [5.74, 6) is 3.04. The second-order valence-corrected chi connectivity index (χ2v) is 8.99. The van der Waals surface area contributed by atoms with Crippen LogP contribution in [-0.4, -0.2) is 36.8 Å². The molecular formula is C9H15NO2Si. The van der Waals surface area contributed by atoms with Crippen LogP contribution in [0.2, 0.25) is 19.6 Å². The second-order valence-electron chi connectivity index (χ2n) is 4.24. The van der Waals surface area contributed by atoms with Gasteiger partial charge in [-0.3, -0.25) is 4.79 Å². The van der Waals surface area contributed by atoms with E-state index in [1.807, 2.05) is 0 Å². The zero-order valence-corrected chi connectivity index (χ0v) is 9.29. The molecule has 72 valence electrons. The summed E-state index contributed by atoms with van der Waals surface area (Å²) in [6, 6.07) is -0.0378. The fourth-order valence-electron chi connectivity index (χ4n) is 1.06. The Bertz CT molecular complexity index is 272. The van der Waals surface area contributed by atoms with Gasteiger partial charge in [0, 0.05) is 0 Å². The first-order valence-electron chi connectivity index (χ1n) is 4.37. The van der Waals surface area contributed by atoms with Crippen molar-refractivity contribution in [2.75, 3.05) is 6.73 Å². The van der Waals surface area contributed by atoms with E-state index in [4.69, 9.17) is 5.11 Å². The SMILES string of the molecule is C[Si](C)(C)C#C[C@H]1CC(=O)N1CO. The summed E-state index contributed by atoms with van der Waals surface area (Å²) in [4.78, 5) is 12.3. The number of likely N-dealkylation sites (tertiary alicyclic amines) is 1. The summed E-state index contributed by atoms with van der Waals surface area (Å²) in [6.45, 7) is 6.27. The number of β-lactam (4-membered cyclic amide) rings is 1. The lowest BCUT2D eigenvalue weighted by atomic mass is 10.0. The van der Waals surface area contributed by atoms with Crippen LogP contribution < -0.4 is 0 Å². The quantitative estimate of drug-likeness (QED) is 0.376. The third-order valence-corrected chi connectivity index (χ3v) is 2.73. The summed E-state index contributed by atoms with van der Waals surface area (Å²) >= 11 is 0. The monoisotopic (exact) mass is 197 g/mol. The van der Waals surface area contributed by atoms with E-state index in [0.29, 0.717) is 6.42 Å². The number of hydrogen-bond acceptors (Lipinski definition) is 2. The molecule has 1 atom stereocenters. The zero-order valence-electron chi connectivity index (χ0n) is 8.29. The number of aliphatic hydroxyl groups excluding tert-OH is 1. The maximum atomic E-state index is 10.9. The molecule has 0 spiro atoms. The van der Waals surface area contributed by atoms with E-state index < -0.39 is 8.07 Å². The lowest BCUT2D eigenvalue weighted by Crippen LogP contribution is -2.52. The molecule has 0 aromatic carbocycles. The molecule has 1 rings (SSSR count). The third kappa shape index (κ3) is 2.58. The maximum absolute atomic E-state index is 10.9. The van der Waals surface area contributed by atoms with Crippen molar-refractivity contribution >= 4 is 14.0 Å². The fourth-order valence-corrected chi connectivity index (χ4v) is 1.66. The fraction of sp³-hybridized carbons (Fsp3) is 0.667. The molecule has 0 aromatic heterocycles. The highest BCUT2D eigenvalue weighted by atomic mass is 28.3. The van der Waals surface area contributed by atoms with Crippen molar-refractivity contribution in [1.29, 1.82) is 0 Å². The maximum Gasteiger partial charge on any atom is 0.228 e. The molecule has 13 heavy (non-hydrogen) atoms. The van der Waals surface area contributed by atoms with Gasteiger partial charge in [-0.05, 0) is 0 Å². The van der Waals surface area contributed by atoms with Gasteiger partial charge in [-0.1, -0.05) is 25.6 Å². The molecule has 1 heterocycles. The van der Waals surface area contributed by atoms with Gasteiger partial charge in [0.25, 0.3) is 0 Å². The average molecular weight is 197 g/mol. The van der Waals surface area contributed by atoms with Crippen molar-refractivity contribution in [3.8, 4) is 11.5 Å². The summed E-state index contributed by atoms with van der Waals surface area (Å²) < 4.78 is 0. The number of rotatable bonds is 1. The molecule has 1 fully saturated rings. The molecule has 1 aliphatic rings. The molecule has 0 saturated carbocycles. The molecule has 4 heteroatoms. The third-order valence-electron chi connectivity index (χ3n) is 1.83. The lowest BCUT2D eigenvalue weighted by Gasteiger charge is -2.35. The number of carbonyl (C=O) groups is 1. The second kappa shape index (κ2) is 3.52. The van der Waals surface area contributed by atoms with E-state index in [-0.39, 0.29) is 18.7 Å². The minimum absolute atomic E-state index is 0.00243. The van der Waals surface area contributed by atoms with E-state index in [1.165, 1.54) is 4.90 Å². The molecule has 0 aliphatic carbocycles. The first-order valence-corrected chi connectivity index (χ1v) is 7.87. The van der Waals surface area contributed by atoms with Gasteiger partial charge in [0.2, 0.25) is 5.91 Å². The van der Waals surface area contributed by atoms with Gasteiger partial charge < -0.3 is 10.0 Å². The number of amides is 1. The number of carbonyl (C=O) groups excluding carboxylic acids is 1. The molecule has 0 bridgehead atoms. The first-order chi connectivity index (χ1) is 5.94. The molecule has 1 saturated heterocycles. The topological polar surface area (TPSA) is 40.5 Å². The van der Waals surface area contributed by atoms with E-state index in [1.54, 1.807) is 0 Å². The van der Waals surface area contributed by atoms with Gasteiger partial charge in [-0.2, -0.15) is 0 Å². The van der Waals surface area contributed by atoms with Crippen molar-refractivity contribution in [1.82, 2.24) is 4.90 Å². The standard InChI is InChI=1S/C9H15NO2Si/c1-13(2,3)5-4-8-6-9(12)10(8)7-11/h8,11H,6-7H2,1-3H3/t8-/m0/s1. The Kier molecular flexibility index (Phi) is 2.79. The summed E-state index contributed by atoms with van der Waals surface area (Å²) in [7, 11) is -1.35. The Labute approximate surface area is 79.7 Å². The van der Waals surface area contributed by atoms with Crippen LogP contribution in [0.1, 0.15) is 6.42 Å². The summed E-state index contributed by atoms with van der Waals surface area (Å²) in [6.07, 6.45) is 0.470. The highest BCUT2D eigenvalue weighted by Crippen LogP contribution is 2.17. The van der Waals surface area contributed by atoms with Gasteiger partial charge in [-0.15, -0.1) is 5.54 Å². The van der Waals surface area contributed by atoms with Crippen LogP contribution in [0.3, 0.4) is 0 Å². The Hall–Kier alpha value is -0.793. The van der Waals surface area contributed by atoms with Gasteiger partial charge in [0.05, 0.1) is 6.42 Å². The normalized spacial score (nSPS) is 22.0. The number of aliphatic hydroxyl groups is 1. The van der Waals surface area contributed by atoms with Crippen molar-refractivity contribution in [2.24, 2.45) is 0 Å². The van der Waals surface area contributed by atoms with Crippen LogP contribution in [-0.2, 0) is 4.79 Å². The predicted molar refractivity (Wildman–Crippen MR) is 53.5 cm³/mol. The Morgan fingerprint density at radius 3 is 2.62 bits per heavy atom. The largest absolute Gasteiger partial charge is 0.376 e. The highest BCUT2D eigenvalue weighted by Gasteiger charge is 2.34. The minimum Gasteiger partial charge on any atom is -0.376 e. The molecular weight excluding hydrogens is 182 g/mol. The molecule has 0 radical (unpaired) electrons. The highest BCUT2D eigenvalue weighted by molar-refractivity contribution is 6.83. The van der Waals surface area contributed by atoms with Gasteiger partial charge in [-0.25, -0.2) is 0 Å². The predicted octanol–water partition coefficient (Wildman–Crippen LogP) is 0.418. The lowest BCUT2D eigenvalue weighted by molar-refractivity contribution is -0.148. The van der Waals surface area contributed by atoms with Gasteiger partial charge >= 0.3 is 0 Å². The van der Waals surface area contributed by atoms with Crippen LogP contribution >= 0.6 is 0 Å². The summed E-state index contributed by atoms with van der Waals surface area (Å²) in [5, 5.41) is 8.80. The van der Waals surface area contributed by atoms with E-state index in [0.717, 1.165) is 0 Å². The molecule has 3 nitrogen and oxygen atoms in total. The van der Waals surface area contributed by atoms with Crippen molar-refractivity contribution in [2.45, 2.75) is 32.1 Å². The Morgan fingerprint density at radius 2 is 2.23 bits per heavy atom. The van der Waals surface area contributed by atoms with Crippen LogP contribution in [0, 0.1) is 11.5 Å². The van der Waals surface area contributed by atoms with Crippen LogP contribution in [0.15, 0.2) is 0 Å². The van der Waals surface area contributed by atoms with E-state index >= 15 is 0 Å². The Morgan fingerprint density at radius 1 is 1.62 bits per heavy atom. The molecule has 1 aliphatic heterocycles. The van der Waals surface area contributed by atoms with Crippen molar-refractivity contribution < 1.29 is 9.90 Å². The molecule has 0 unspecified atom stereocenters. The molecule has 1 N–H and O–H groups in total. The van der Waals surface area contributed by atoms with E-state index in [2.05, 4.69) is 31.1 Å². The van der Waals surface area contributed by atoms with Crippen LogP contribution in [0.5, 0.6) is 0 Å². The molecule has 0 aromatic rings. The Balaban J connectivity index is 2.56. The first kappa shape index (κ1) is 10.3. The average Bonchev–Trinajstić information content (AvgIpc) is 1.96. The summed E-state index contributed by atoms with van der Waals surface area (Å²) in [5.41, 5.74) is 3.19. The van der Waals surface area contributed by atoms with Crippen molar-refractivity contribution in [3.63, 3.8) is 0 Å². The minimum atomic E-state index is -1.35. The molecule has 1 amide bonds. The number of nitrogens with zero attached hydrogens (tertiary/aromatic N) is 1. The van der Waals surface area contributed by atoms with Crippen molar-refractivity contribution in [3.05, 3.63) is 0 Å². The number of hydrogen-bond donors (Lipinski definition) is 1. The van der Waals surface area contributed by atoms with Crippen LogP contribution in [0.4, 0.5) is 0 Å². The van der Waals surface area contributed by atoms with Crippen LogP contribution in [0.25, 0.3) is 0 Å². The smallest absolute Gasteiger partial charge is 0.228 e.